The van der Waals surface area contributed by atoms with Gasteiger partial charge in [0, 0.05) is 5.70 Å². The number of aliphatic carboxylic acids is 1. The van der Waals surface area contributed by atoms with Crippen LogP contribution in [0.1, 0.15) is 6.92 Å². The number of carboxylic acid groups (broad SMARTS) is 1. The predicted octanol–water partition coefficient (Wildman–Crippen LogP) is 1.05. The highest BCUT2D eigenvalue weighted by molar-refractivity contribution is 5.89. The molecule has 0 amide bonds. The maximum Gasteiger partial charge on any atom is 0.335 e. The van der Waals surface area contributed by atoms with E-state index in [0.29, 0.717) is 5.70 Å². The first-order chi connectivity index (χ1) is 5.07. The molecule has 0 atom stereocenters. The van der Waals surface area contributed by atoms with Crippen molar-refractivity contribution in [2.45, 2.75) is 6.92 Å². The van der Waals surface area contributed by atoms with E-state index < -0.39 is 5.97 Å². The van der Waals surface area contributed by atoms with Crippen molar-refractivity contribution in [2.24, 2.45) is 5.73 Å². The third kappa shape index (κ3) is 3.97. The van der Waals surface area contributed by atoms with Crippen LogP contribution in [-0.2, 0) is 4.79 Å². The third-order valence-corrected chi connectivity index (χ3v) is 1.03. The molecule has 0 bridgehead atoms. The van der Waals surface area contributed by atoms with Crippen molar-refractivity contribution in [3.63, 3.8) is 0 Å². The second kappa shape index (κ2) is 4.33. The van der Waals surface area contributed by atoms with Crippen LogP contribution in [0.4, 0.5) is 0 Å². The van der Waals surface area contributed by atoms with E-state index in [4.69, 9.17) is 10.8 Å². The van der Waals surface area contributed by atoms with Crippen LogP contribution in [-0.4, -0.2) is 11.1 Å². The topological polar surface area (TPSA) is 63.3 Å². The molecule has 0 saturated carbocycles. The summed E-state index contributed by atoms with van der Waals surface area (Å²) in [6, 6.07) is 0. The number of hydrogen-bond donors (Lipinski definition) is 2. The molecular weight excluding hydrogens is 142 g/mol. The fourth-order valence-corrected chi connectivity index (χ4v) is 0.488. The summed E-state index contributed by atoms with van der Waals surface area (Å²) < 4.78 is 0. The van der Waals surface area contributed by atoms with Crippen molar-refractivity contribution in [1.82, 2.24) is 0 Å². The zero-order valence-corrected chi connectivity index (χ0v) is 6.37. The van der Waals surface area contributed by atoms with E-state index in [1.165, 1.54) is 18.2 Å². The molecule has 3 heteroatoms. The van der Waals surface area contributed by atoms with E-state index in [0.717, 1.165) is 0 Å². The van der Waals surface area contributed by atoms with Gasteiger partial charge in [-0.15, -0.1) is 0 Å². The summed E-state index contributed by atoms with van der Waals surface area (Å²) in [5.74, 6) is -0.968. The molecule has 0 saturated heterocycles. The van der Waals surface area contributed by atoms with Gasteiger partial charge in [-0.25, -0.2) is 4.79 Å². The highest BCUT2D eigenvalue weighted by atomic mass is 16.4. The van der Waals surface area contributed by atoms with Crippen LogP contribution in [0.15, 0.2) is 36.1 Å². The Bertz CT molecular complexity index is 226. The monoisotopic (exact) mass is 153 g/mol. The highest BCUT2D eigenvalue weighted by Gasteiger charge is 1.98. The van der Waals surface area contributed by atoms with Crippen LogP contribution >= 0.6 is 0 Å². The fourth-order valence-electron chi connectivity index (χ4n) is 0.488. The Kier molecular flexibility index (Phi) is 3.73. The molecule has 0 heterocycles. The molecule has 60 valence electrons. The number of rotatable bonds is 3. The van der Waals surface area contributed by atoms with Gasteiger partial charge in [0.2, 0.25) is 0 Å². The van der Waals surface area contributed by atoms with Crippen molar-refractivity contribution in [3.05, 3.63) is 36.1 Å². The van der Waals surface area contributed by atoms with Crippen molar-refractivity contribution in [1.29, 1.82) is 0 Å². The molecule has 0 aromatic heterocycles. The molecule has 0 aliphatic rings. The Morgan fingerprint density at radius 2 is 2.09 bits per heavy atom. The van der Waals surface area contributed by atoms with Crippen LogP contribution in [0.25, 0.3) is 0 Å². The summed E-state index contributed by atoms with van der Waals surface area (Å²) in [6.45, 7) is 5.04. The van der Waals surface area contributed by atoms with Gasteiger partial charge < -0.3 is 10.8 Å². The minimum atomic E-state index is -0.968. The average molecular weight is 153 g/mol. The first kappa shape index (κ1) is 9.49. The maximum absolute atomic E-state index is 10.4. The van der Waals surface area contributed by atoms with Gasteiger partial charge in [0.25, 0.3) is 0 Å². The van der Waals surface area contributed by atoms with Gasteiger partial charge in [-0.05, 0) is 19.1 Å². The molecule has 0 aromatic carbocycles. The molecule has 0 aliphatic heterocycles. The van der Waals surface area contributed by atoms with Gasteiger partial charge >= 0.3 is 5.97 Å². The van der Waals surface area contributed by atoms with E-state index in [1.54, 1.807) is 6.92 Å². The first-order valence-corrected chi connectivity index (χ1v) is 3.10. The minimum absolute atomic E-state index is 0.205. The molecule has 3 nitrogen and oxygen atoms in total. The normalized spacial score (nSPS) is 11.9. The van der Waals surface area contributed by atoms with Crippen LogP contribution in [0.5, 0.6) is 0 Å². The Balaban J connectivity index is 4.34. The number of nitrogens with two attached hydrogens (primary N) is 1. The summed E-state index contributed by atoms with van der Waals surface area (Å²) in [5.41, 5.74) is 5.74. The highest BCUT2D eigenvalue weighted by Crippen LogP contribution is 1.97. The number of allylic oxidation sites excluding steroid dienone is 2. The summed E-state index contributed by atoms with van der Waals surface area (Å²) >= 11 is 0. The minimum Gasteiger partial charge on any atom is -0.478 e. The second-order valence-electron chi connectivity index (χ2n) is 1.96. The lowest BCUT2D eigenvalue weighted by atomic mass is 10.2. The van der Waals surface area contributed by atoms with Crippen molar-refractivity contribution >= 4 is 5.97 Å². The SMILES string of the molecule is C=C(N)/C=C\C(=C/C)C(=O)O. The number of carbonyl (C=O) groups is 1. The fraction of sp³-hybridized carbons (Fsp3) is 0.125. The Morgan fingerprint density at radius 1 is 1.55 bits per heavy atom. The van der Waals surface area contributed by atoms with E-state index in [9.17, 15) is 4.79 Å². The summed E-state index contributed by atoms with van der Waals surface area (Å²) in [6.07, 6.45) is 4.34. The Labute approximate surface area is 65.5 Å². The average Bonchev–Trinajstić information content (AvgIpc) is 1.87. The summed E-state index contributed by atoms with van der Waals surface area (Å²) in [5, 5.41) is 8.50. The van der Waals surface area contributed by atoms with Gasteiger partial charge in [-0.2, -0.15) is 0 Å². The lowest BCUT2D eigenvalue weighted by molar-refractivity contribution is -0.132. The van der Waals surface area contributed by atoms with Crippen LogP contribution in [0, 0.1) is 0 Å². The molecule has 3 N–H and O–H groups in total. The zero-order chi connectivity index (χ0) is 8.85. The molecular formula is C8H11NO2. The summed E-state index contributed by atoms with van der Waals surface area (Å²) in [4.78, 5) is 10.4. The van der Waals surface area contributed by atoms with Gasteiger partial charge in [-0.1, -0.05) is 12.7 Å². The number of carboxylic acids is 1. The van der Waals surface area contributed by atoms with E-state index in [2.05, 4.69) is 6.58 Å². The molecule has 0 spiro atoms. The molecule has 0 unspecified atom stereocenters. The van der Waals surface area contributed by atoms with Crippen molar-refractivity contribution in [2.75, 3.05) is 0 Å². The van der Waals surface area contributed by atoms with Gasteiger partial charge in [0.15, 0.2) is 0 Å². The van der Waals surface area contributed by atoms with Crippen LogP contribution < -0.4 is 5.73 Å². The van der Waals surface area contributed by atoms with Crippen LogP contribution in [0.2, 0.25) is 0 Å². The molecule has 0 aliphatic carbocycles. The lowest BCUT2D eigenvalue weighted by Gasteiger charge is -1.91. The quantitative estimate of drug-likeness (QED) is 0.470. The van der Waals surface area contributed by atoms with Crippen LogP contribution in [0.3, 0.4) is 0 Å². The summed E-state index contributed by atoms with van der Waals surface area (Å²) in [7, 11) is 0. The van der Waals surface area contributed by atoms with E-state index >= 15 is 0 Å². The molecule has 0 rings (SSSR count). The largest absolute Gasteiger partial charge is 0.478 e. The van der Waals surface area contributed by atoms with Gasteiger partial charge in [0.05, 0.1) is 5.57 Å². The Hall–Kier alpha value is -1.51. The lowest BCUT2D eigenvalue weighted by Crippen LogP contribution is -1.97. The standard InChI is InChI=1S/C8H11NO2/c1-3-7(8(10)11)5-4-6(2)9/h3-5H,2,9H2,1H3,(H,10,11)/b5-4-,7-3+. The molecule has 11 heavy (non-hydrogen) atoms. The molecule has 0 fully saturated rings. The molecule has 0 aromatic rings. The number of hydrogen-bond acceptors (Lipinski definition) is 2. The van der Waals surface area contributed by atoms with Crippen molar-refractivity contribution < 1.29 is 9.90 Å². The zero-order valence-electron chi connectivity index (χ0n) is 6.37. The molecule has 0 radical (unpaired) electrons. The first-order valence-electron chi connectivity index (χ1n) is 3.10. The second-order valence-corrected chi connectivity index (χ2v) is 1.96. The van der Waals surface area contributed by atoms with Crippen molar-refractivity contribution in [3.8, 4) is 0 Å². The van der Waals surface area contributed by atoms with E-state index in [1.807, 2.05) is 0 Å². The predicted molar refractivity (Wildman–Crippen MR) is 43.9 cm³/mol. The third-order valence-electron chi connectivity index (χ3n) is 1.03. The van der Waals surface area contributed by atoms with E-state index in [-0.39, 0.29) is 5.57 Å². The van der Waals surface area contributed by atoms with Gasteiger partial charge in [-0.3, -0.25) is 0 Å². The van der Waals surface area contributed by atoms with Gasteiger partial charge in [0.1, 0.15) is 0 Å². The smallest absolute Gasteiger partial charge is 0.335 e. The Morgan fingerprint density at radius 3 is 2.36 bits per heavy atom. The maximum atomic E-state index is 10.4.